The first kappa shape index (κ1) is 44.0. The van der Waals surface area contributed by atoms with Crippen molar-refractivity contribution in [3.05, 3.63) is 82.7 Å². The van der Waals surface area contributed by atoms with Crippen LogP contribution in [0.25, 0.3) is 0 Å². The summed E-state index contributed by atoms with van der Waals surface area (Å²) in [6.07, 6.45) is -0.645. The highest BCUT2D eigenvalue weighted by atomic mass is 19.4. The fourth-order valence-electron chi connectivity index (χ4n) is 9.56. The van der Waals surface area contributed by atoms with Crippen molar-refractivity contribution < 1.29 is 46.6 Å². The van der Waals surface area contributed by atoms with Gasteiger partial charge in [-0.1, -0.05) is 27.7 Å². The van der Waals surface area contributed by atoms with Gasteiger partial charge in [-0.2, -0.15) is 18.4 Å². The van der Waals surface area contributed by atoms with Gasteiger partial charge in [0.05, 0.1) is 46.8 Å². The molecule has 3 aliphatic heterocycles. The summed E-state index contributed by atoms with van der Waals surface area (Å²) < 4.78 is 52.7. The van der Waals surface area contributed by atoms with E-state index >= 15 is 0 Å². The third-order valence-corrected chi connectivity index (χ3v) is 12.7. The van der Waals surface area contributed by atoms with Crippen molar-refractivity contribution in [2.45, 2.75) is 84.2 Å². The Morgan fingerprint density at radius 1 is 0.903 bits per heavy atom. The molecule has 0 spiro atoms. The highest BCUT2D eigenvalue weighted by Crippen LogP contribution is 2.55. The number of unbranched alkanes of at least 4 members (excludes halogenated alkanes) is 2. The minimum atomic E-state index is -4.71. The lowest BCUT2D eigenvalue weighted by Gasteiger charge is -2.63. The Hall–Kier alpha value is -6.02. The molecular formula is C45H50F3N7O7. The largest absolute Gasteiger partial charge is 0.494 e. The number of alkyl halides is 3. The summed E-state index contributed by atoms with van der Waals surface area (Å²) >= 11 is 0. The van der Waals surface area contributed by atoms with Gasteiger partial charge in [0.2, 0.25) is 5.91 Å². The number of nitrogens with one attached hydrogen (secondary N) is 1. The predicted molar refractivity (Wildman–Crippen MR) is 219 cm³/mol. The number of fused-ring (bicyclic) bond motifs is 1. The van der Waals surface area contributed by atoms with Gasteiger partial charge in [-0.15, -0.1) is 0 Å². The van der Waals surface area contributed by atoms with E-state index in [1.165, 1.54) is 13.1 Å². The highest BCUT2D eigenvalue weighted by Gasteiger charge is 2.64. The third kappa shape index (κ3) is 8.44. The molecule has 5 amide bonds. The first-order valence-electron chi connectivity index (χ1n) is 20.8. The quantitative estimate of drug-likeness (QED) is 0.166. The first-order chi connectivity index (χ1) is 29.3. The average Bonchev–Trinajstić information content (AvgIpc) is 3.49. The summed E-state index contributed by atoms with van der Waals surface area (Å²) in [5.74, 6) is -1.89. The molecule has 3 fully saturated rings. The number of benzene rings is 2. The van der Waals surface area contributed by atoms with Crippen LogP contribution in [0.15, 0.2) is 54.7 Å². The predicted octanol–water partition coefficient (Wildman–Crippen LogP) is 5.70. The molecule has 14 nitrogen and oxygen atoms in total. The number of pyridine rings is 1. The van der Waals surface area contributed by atoms with E-state index in [0.29, 0.717) is 12.4 Å². The van der Waals surface area contributed by atoms with E-state index in [-0.39, 0.29) is 53.3 Å². The lowest BCUT2D eigenvalue weighted by atomic mass is 9.49. The van der Waals surface area contributed by atoms with Crippen LogP contribution in [0, 0.1) is 22.2 Å². The lowest BCUT2D eigenvalue weighted by Crippen LogP contribution is -2.74. The Balaban J connectivity index is 0.818. The minimum Gasteiger partial charge on any atom is -0.494 e. The van der Waals surface area contributed by atoms with Crippen LogP contribution in [0.2, 0.25) is 0 Å². The Bertz CT molecular complexity index is 2290. The number of halogens is 3. The number of hydrogen-bond donors (Lipinski definition) is 1. The number of nitrogens with zero attached hydrogens (tertiary/aromatic N) is 6. The maximum Gasteiger partial charge on any atom is 0.417 e. The number of piperazine rings is 1. The Morgan fingerprint density at radius 3 is 2.26 bits per heavy atom. The van der Waals surface area contributed by atoms with Crippen LogP contribution in [-0.2, 0) is 15.8 Å². The van der Waals surface area contributed by atoms with Crippen molar-refractivity contribution in [2.75, 3.05) is 51.3 Å². The number of piperidine rings is 1. The zero-order valence-corrected chi connectivity index (χ0v) is 35.4. The molecule has 0 bridgehead atoms. The lowest BCUT2D eigenvalue weighted by molar-refractivity contribution is -0.164. The van der Waals surface area contributed by atoms with E-state index in [9.17, 15) is 37.1 Å². The average molecular weight is 858 g/mol. The molecule has 7 rings (SSSR count). The fourth-order valence-corrected chi connectivity index (χ4v) is 9.56. The minimum absolute atomic E-state index is 0.00138. The second kappa shape index (κ2) is 17.0. The van der Waals surface area contributed by atoms with Crippen molar-refractivity contribution in [3.8, 4) is 17.6 Å². The van der Waals surface area contributed by atoms with Crippen molar-refractivity contribution in [1.82, 2.24) is 25.0 Å². The highest BCUT2D eigenvalue weighted by molar-refractivity contribution is 6.23. The van der Waals surface area contributed by atoms with Gasteiger partial charge in [0.25, 0.3) is 23.6 Å². The Morgan fingerprint density at radius 2 is 1.60 bits per heavy atom. The van der Waals surface area contributed by atoms with E-state index in [4.69, 9.17) is 14.7 Å². The molecule has 328 valence electrons. The van der Waals surface area contributed by atoms with Gasteiger partial charge in [-0.25, -0.2) is 4.98 Å². The number of rotatable bonds is 13. The second-order valence-electron chi connectivity index (χ2n) is 17.5. The number of likely N-dealkylation sites (tertiary alicyclic amines) is 1. The first-order valence-corrected chi connectivity index (χ1v) is 20.8. The molecule has 62 heavy (non-hydrogen) atoms. The normalized spacial score (nSPS) is 22.2. The maximum absolute atomic E-state index is 13.6. The monoisotopic (exact) mass is 857 g/mol. The smallest absolute Gasteiger partial charge is 0.417 e. The van der Waals surface area contributed by atoms with Gasteiger partial charge >= 0.3 is 6.18 Å². The van der Waals surface area contributed by atoms with Crippen LogP contribution in [0.1, 0.15) is 102 Å². The zero-order chi connectivity index (χ0) is 44.7. The van der Waals surface area contributed by atoms with E-state index in [2.05, 4.69) is 20.1 Å². The number of ether oxygens (including phenoxy) is 2. The number of carbonyl (C=O) groups is 5. The molecule has 1 atom stereocenters. The van der Waals surface area contributed by atoms with Crippen LogP contribution in [0.3, 0.4) is 0 Å². The zero-order valence-electron chi connectivity index (χ0n) is 35.4. The van der Waals surface area contributed by atoms with E-state index in [1.807, 2.05) is 33.8 Å². The fraction of sp³-hybridized carbons (Fsp3) is 0.489. The maximum atomic E-state index is 13.6. The molecule has 4 heterocycles. The number of anilines is 1. The summed E-state index contributed by atoms with van der Waals surface area (Å²) in [4.78, 5) is 75.3. The molecule has 1 saturated carbocycles. The summed E-state index contributed by atoms with van der Waals surface area (Å²) in [5.41, 5.74) is -1.24. The van der Waals surface area contributed by atoms with Crippen molar-refractivity contribution >= 4 is 35.2 Å². The topological polar surface area (TPSA) is 165 Å². The number of amides is 5. The Kier molecular flexibility index (Phi) is 12.1. The molecule has 1 aromatic heterocycles. The summed E-state index contributed by atoms with van der Waals surface area (Å²) in [6.45, 7) is 12.3. The van der Waals surface area contributed by atoms with Gasteiger partial charge in [-0.3, -0.25) is 38.7 Å². The molecule has 3 aromatic rings. The van der Waals surface area contributed by atoms with E-state index in [0.717, 1.165) is 79.6 Å². The van der Waals surface area contributed by atoms with Crippen molar-refractivity contribution in [3.63, 3.8) is 0 Å². The van der Waals surface area contributed by atoms with Crippen LogP contribution in [0.4, 0.5) is 18.9 Å². The standard InChI is InChI=1S/C45H50F3N7O7/c1-43(2)41(44(3,4)42(43)62-30-11-9-27(25-49)33(24-30)45(46,47)48)51-37(57)34-14-10-28(26-50-34)54-20-18-53(19-21-54)17-7-6-8-22-61-29-12-13-31-32(23-29)39(59)55(38(31)58)35-15-16-36(56)52(5)40(35)60/h9-14,23-24,26,35,41-42H,6-8,15-22H2,1-5H3,(H,51,57). The van der Waals surface area contributed by atoms with Gasteiger partial charge in [0.1, 0.15) is 29.3 Å². The number of imide groups is 2. The van der Waals surface area contributed by atoms with Gasteiger partial charge in [0.15, 0.2) is 0 Å². The number of nitriles is 1. The molecule has 1 unspecified atom stereocenters. The van der Waals surface area contributed by atoms with Gasteiger partial charge < -0.3 is 19.7 Å². The molecule has 17 heteroatoms. The number of carbonyl (C=O) groups excluding carboxylic acids is 5. The van der Waals surface area contributed by atoms with Crippen LogP contribution < -0.4 is 19.7 Å². The number of likely N-dealkylation sites (N-methyl/N-ethyl adjacent to an activating group) is 1. The molecule has 2 aromatic carbocycles. The third-order valence-electron chi connectivity index (χ3n) is 12.7. The molecular weight excluding hydrogens is 808 g/mol. The second-order valence-corrected chi connectivity index (χ2v) is 17.5. The molecule has 4 aliphatic rings. The van der Waals surface area contributed by atoms with Crippen LogP contribution >= 0.6 is 0 Å². The van der Waals surface area contributed by atoms with Crippen LogP contribution in [0.5, 0.6) is 11.5 Å². The van der Waals surface area contributed by atoms with Gasteiger partial charge in [0, 0.05) is 56.5 Å². The van der Waals surface area contributed by atoms with E-state index < -0.39 is 58.0 Å². The summed E-state index contributed by atoms with van der Waals surface area (Å²) in [6, 6.07) is 11.8. The van der Waals surface area contributed by atoms with E-state index in [1.54, 1.807) is 36.5 Å². The number of aromatic nitrogens is 1. The molecule has 2 saturated heterocycles. The van der Waals surface area contributed by atoms with Gasteiger partial charge in [-0.05, 0) is 80.8 Å². The van der Waals surface area contributed by atoms with Crippen LogP contribution in [-0.4, -0.2) is 114 Å². The summed E-state index contributed by atoms with van der Waals surface area (Å²) in [5, 5.41) is 12.2. The molecule has 1 N–H and O–H groups in total. The molecule has 1 aliphatic carbocycles. The summed E-state index contributed by atoms with van der Waals surface area (Å²) in [7, 11) is 1.36. The Labute approximate surface area is 357 Å². The SMILES string of the molecule is CN1C(=O)CCC(N2C(=O)c3ccc(OCCCCCN4CCN(c5ccc(C(=O)NC6C(C)(C)C(Oc7ccc(C#N)c(C(F)(F)F)c7)C6(C)C)nc5)CC4)cc3C2=O)C1=O. The molecule has 0 radical (unpaired) electrons. The van der Waals surface area contributed by atoms with Crippen molar-refractivity contribution in [2.24, 2.45) is 10.8 Å². The number of hydrogen-bond acceptors (Lipinski definition) is 11. The van der Waals surface area contributed by atoms with Crippen molar-refractivity contribution in [1.29, 1.82) is 5.26 Å².